The summed E-state index contributed by atoms with van der Waals surface area (Å²) in [6.07, 6.45) is 1.43. The van der Waals surface area contributed by atoms with E-state index in [2.05, 4.69) is 32.9 Å². The van der Waals surface area contributed by atoms with Crippen LogP contribution >= 0.6 is 15.9 Å². The Morgan fingerprint density at radius 1 is 1.53 bits per heavy atom. The first-order chi connectivity index (χ1) is 8.08. The monoisotopic (exact) mass is 301 g/mol. The summed E-state index contributed by atoms with van der Waals surface area (Å²) in [6, 6.07) is 0. The smallest absolute Gasteiger partial charge is 0.0739 e. The van der Waals surface area contributed by atoms with Crippen molar-refractivity contribution >= 4 is 15.9 Å². The highest BCUT2D eigenvalue weighted by atomic mass is 79.9. The van der Waals surface area contributed by atoms with Crippen LogP contribution in [0.25, 0.3) is 0 Å². The Morgan fingerprint density at radius 3 is 2.94 bits per heavy atom. The molecule has 1 saturated heterocycles. The Morgan fingerprint density at radius 2 is 2.29 bits per heavy atom. The molecule has 2 rings (SSSR count). The topological polar surface area (TPSA) is 30.3 Å². The van der Waals surface area contributed by atoms with Gasteiger partial charge in [-0.3, -0.25) is 9.58 Å². The summed E-state index contributed by atoms with van der Waals surface area (Å²) >= 11 is 3.62. The molecular formula is C12H20BrN3O. The van der Waals surface area contributed by atoms with Crippen LogP contribution in [0.4, 0.5) is 0 Å². The van der Waals surface area contributed by atoms with Gasteiger partial charge in [-0.25, -0.2) is 0 Å². The average Bonchev–Trinajstić information content (AvgIpc) is 2.46. The van der Waals surface area contributed by atoms with Crippen molar-refractivity contribution in [2.75, 3.05) is 19.7 Å². The molecule has 1 atom stereocenters. The molecule has 0 radical (unpaired) electrons. The summed E-state index contributed by atoms with van der Waals surface area (Å²) in [5, 5.41) is 4.43. The van der Waals surface area contributed by atoms with Crippen molar-refractivity contribution in [2.24, 2.45) is 7.05 Å². The lowest BCUT2D eigenvalue weighted by atomic mass is 10.3. The van der Waals surface area contributed by atoms with E-state index in [0.717, 1.165) is 42.8 Å². The molecule has 4 nitrogen and oxygen atoms in total. The molecule has 0 saturated carbocycles. The Balaban J connectivity index is 2.08. The van der Waals surface area contributed by atoms with E-state index in [1.165, 1.54) is 5.69 Å². The molecule has 1 fully saturated rings. The zero-order chi connectivity index (χ0) is 12.4. The summed E-state index contributed by atoms with van der Waals surface area (Å²) in [5.41, 5.74) is 2.30. The third-order valence-corrected chi connectivity index (χ3v) is 4.20. The quantitative estimate of drug-likeness (QED) is 0.838. The minimum Gasteiger partial charge on any atom is -0.377 e. The molecule has 1 aromatic rings. The molecule has 1 aliphatic rings. The fraction of sp³-hybridized carbons (Fsp3) is 0.750. The van der Waals surface area contributed by atoms with Crippen LogP contribution in [0.3, 0.4) is 0 Å². The number of aryl methyl sites for hydroxylation is 2. The first-order valence-corrected chi connectivity index (χ1v) is 6.89. The molecule has 1 unspecified atom stereocenters. The predicted octanol–water partition coefficient (Wildman–Crippen LogP) is 2.10. The van der Waals surface area contributed by atoms with E-state index in [-0.39, 0.29) is 0 Å². The third-order valence-electron chi connectivity index (χ3n) is 3.17. The zero-order valence-corrected chi connectivity index (χ0v) is 12.3. The summed E-state index contributed by atoms with van der Waals surface area (Å²) < 4.78 is 8.77. The van der Waals surface area contributed by atoms with E-state index in [0.29, 0.717) is 6.10 Å². The van der Waals surface area contributed by atoms with Crippen molar-refractivity contribution < 1.29 is 4.74 Å². The number of nitrogens with zero attached hydrogens (tertiary/aromatic N) is 3. The van der Waals surface area contributed by atoms with Crippen molar-refractivity contribution in [1.82, 2.24) is 14.7 Å². The molecule has 0 spiro atoms. The van der Waals surface area contributed by atoms with Gasteiger partial charge in [-0.15, -0.1) is 0 Å². The maximum atomic E-state index is 5.66. The lowest BCUT2D eigenvalue weighted by Gasteiger charge is -2.21. The molecule has 5 heteroatoms. The van der Waals surface area contributed by atoms with Crippen LogP contribution in [-0.4, -0.2) is 40.5 Å². The van der Waals surface area contributed by atoms with Gasteiger partial charge in [-0.1, -0.05) is 0 Å². The zero-order valence-electron chi connectivity index (χ0n) is 10.7. The highest BCUT2D eigenvalue weighted by molar-refractivity contribution is 9.10. The van der Waals surface area contributed by atoms with Crippen molar-refractivity contribution in [3.05, 3.63) is 15.9 Å². The molecule has 1 aromatic heterocycles. The largest absolute Gasteiger partial charge is 0.377 e. The molecule has 0 amide bonds. The van der Waals surface area contributed by atoms with Gasteiger partial charge in [-0.05, 0) is 36.2 Å². The molecule has 0 bridgehead atoms. The predicted molar refractivity (Wildman–Crippen MR) is 71.0 cm³/mol. The fourth-order valence-corrected chi connectivity index (χ4v) is 2.75. The van der Waals surface area contributed by atoms with Gasteiger partial charge in [0, 0.05) is 33.3 Å². The third kappa shape index (κ3) is 3.09. The Hall–Kier alpha value is -0.390. The lowest BCUT2D eigenvalue weighted by Crippen LogP contribution is -2.30. The number of hydrogen-bond acceptors (Lipinski definition) is 3. The van der Waals surface area contributed by atoms with Gasteiger partial charge in [0.1, 0.15) is 0 Å². The van der Waals surface area contributed by atoms with Gasteiger partial charge >= 0.3 is 0 Å². The van der Waals surface area contributed by atoms with Gasteiger partial charge < -0.3 is 4.74 Å². The summed E-state index contributed by atoms with van der Waals surface area (Å²) in [6.45, 7) is 8.08. The molecule has 0 N–H and O–H groups in total. The minimum atomic E-state index is 0.325. The molecule has 17 heavy (non-hydrogen) atoms. The molecule has 0 aromatic carbocycles. The van der Waals surface area contributed by atoms with Gasteiger partial charge in [0.05, 0.1) is 22.0 Å². The van der Waals surface area contributed by atoms with Crippen molar-refractivity contribution in [3.8, 4) is 0 Å². The van der Waals surface area contributed by atoms with Crippen LogP contribution in [-0.2, 0) is 18.3 Å². The standard InChI is InChI=1S/C12H20BrN3O/c1-9-7-16(5-4-6-17-9)8-11-12(13)10(2)14-15(11)3/h9H,4-8H2,1-3H3. The Kier molecular flexibility index (Phi) is 4.22. The average molecular weight is 302 g/mol. The number of ether oxygens (including phenoxy) is 1. The van der Waals surface area contributed by atoms with Crippen LogP contribution in [0.1, 0.15) is 24.7 Å². The van der Waals surface area contributed by atoms with Crippen molar-refractivity contribution in [1.29, 1.82) is 0 Å². The highest BCUT2D eigenvalue weighted by Crippen LogP contribution is 2.22. The maximum Gasteiger partial charge on any atom is 0.0739 e. The normalized spacial score (nSPS) is 22.7. The first kappa shape index (κ1) is 13.1. The number of hydrogen-bond donors (Lipinski definition) is 0. The van der Waals surface area contributed by atoms with Crippen LogP contribution in [0.2, 0.25) is 0 Å². The van der Waals surface area contributed by atoms with E-state index >= 15 is 0 Å². The van der Waals surface area contributed by atoms with Crippen LogP contribution in [0, 0.1) is 6.92 Å². The molecule has 1 aliphatic heterocycles. The number of rotatable bonds is 2. The summed E-state index contributed by atoms with van der Waals surface area (Å²) in [4.78, 5) is 2.44. The first-order valence-electron chi connectivity index (χ1n) is 6.10. The van der Waals surface area contributed by atoms with Crippen LogP contribution in [0.5, 0.6) is 0 Å². The molecule has 96 valence electrons. The summed E-state index contributed by atoms with van der Waals surface area (Å²) in [5.74, 6) is 0. The van der Waals surface area contributed by atoms with E-state index in [1.54, 1.807) is 0 Å². The SMILES string of the molecule is Cc1nn(C)c(CN2CCCOC(C)C2)c1Br. The Labute approximate surface area is 111 Å². The second-order valence-corrected chi connectivity index (χ2v) is 5.53. The number of aromatic nitrogens is 2. The summed E-state index contributed by atoms with van der Waals surface area (Å²) in [7, 11) is 2.00. The van der Waals surface area contributed by atoms with Gasteiger partial charge in [-0.2, -0.15) is 5.10 Å². The second-order valence-electron chi connectivity index (χ2n) is 4.74. The molecular weight excluding hydrogens is 282 g/mol. The van der Waals surface area contributed by atoms with E-state index < -0.39 is 0 Å². The van der Waals surface area contributed by atoms with E-state index in [9.17, 15) is 0 Å². The van der Waals surface area contributed by atoms with Gasteiger partial charge in [0.15, 0.2) is 0 Å². The van der Waals surface area contributed by atoms with E-state index in [4.69, 9.17) is 4.74 Å². The highest BCUT2D eigenvalue weighted by Gasteiger charge is 2.18. The second kappa shape index (κ2) is 5.50. The van der Waals surface area contributed by atoms with Gasteiger partial charge in [0.25, 0.3) is 0 Å². The van der Waals surface area contributed by atoms with Crippen LogP contribution in [0.15, 0.2) is 4.47 Å². The van der Waals surface area contributed by atoms with Crippen molar-refractivity contribution in [2.45, 2.75) is 32.9 Å². The lowest BCUT2D eigenvalue weighted by molar-refractivity contribution is 0.0664. The molecule has 2 heterocycles. The Bertz CT molecular complexity index is 391. The van der Waals surface area contributed by atoms with Crippen molar-refractivity contribution in [3.63, 3.8) is 0 Å². The van der Waals surface area contributed by atoms with Gasteiger partial charge in [0.2, 0.25) is 0 Å². The van der Waals surface area contributed by atoms with Crippen LogP contribution < -0.4 is 0 Å². The fourth-order valence-electron chi connectivity index (χ4n) is 2.29. The van der Waals surface area contributed by atoms with E-state index in [1.807, 2.05) is 18.7 Å². The maximum absolute atomic E-state index is 5.66. The molecule has 0 aliphatic carbocycles. The minimum absolute atomic E-state index is 0.325. The number of halogens is 1.